The van der Waals surface area contributed by atoms with Crippen LogP contribution < -0.4 is 5.32 Å². The number of anilines is 1. The predicted octanol–water partition coefficient (Wildman–Crippen LogP) is 4.69. The molecule has 0 aromatic heterocycles. The lowest BCUT2D eigenvalue weighted by molar-refractivity contribution is 0.187. The number of ether oxygens (including phenoxy) is 1. The second kappa shape index (κ2) is 6.78. The SMILES string of the molecule is COC(=O)Nc1ccccc1C=Cc1ccccc1Cl. The molecule has 1 N–H and O–H groups in total. The molecular weight excluding hydrogens is 274 g/mol. The number of carbonyl (C=O) groups excluding carboxylic acids is 1. The first-order valence-electron chi connectivity index (χ1n) is 6.07. The van der Waals surface area contributed by atoms with Crippen molar-refractivity contribution in [1.82, 2.24) is 0 Å². The number of para-hydroxylation sites is 1. The van der Waals surface area contributed by atoms with E-state index in [1.807, 2.05) is 60.7 Å². The van der Waals surface area contributed by atoms with Crippen molar-refractivity contribution in [1.29, 1.82) is 0 Å². The van der Waals surface area contributed by atoms with Crippen LogP contribution >= 0.6 is 11.6 Å². The van der Waals surface area contributed by atoms with E-state index in [2.05, 4.69) is 10.1 Å². The maximum atomic E-state index is 11.3. The Labute approximate surface area is 122 Å². The average molecular weight is 288 g/mol. The van der Waals surface area contributed by atoms with Gasteiger partial charge >= 0.3 is 6.09 Å². The molecule has 2 aromatic rings. The summed E-state index contributed by atoms with van der Waals surface area (Å²) in [6.07, 6.45) is 3.30. The standard InChI is InChI=1S/C16H14ClNO2/c1-20-16(19)18-15-9-5-3-7-13(15)11-10-12-6-2-4-8-14(12)17/h2-11H,1H3,(H,18,19). The van der Waals surface area contributed by atoms with Crippen LogP contribution in [0.25, 0.3) is 12.2 Å². The van der Waals surface area contributed by atoms with Crippen LogP contribution in [0.1, 0.15) is 11.1 Å². The summed E-state index contributed by atoms with van der Waals surface area (Å²) in [5.74, 6) is 0. The van der Waals surface area contributed by atoms with E-state index in [9.17, 15) is 4.79 Å². The molecule has 0 aliphatic heterocycles. The lowest BCUT2D eigenvalue weighted by atomic mass is 10.1. The van der Waals surface area contributed by atoms with Crippen LogP contribution in [0.3, 0.4) is 0 Å². The number of methoxy groups -OCH3 is 1. The number of rotatable bonds is 3. The smallest absolute Gasteiger partial charge is 0.411 e. The molecule has 0 saturated heterocycles. The number of carbonyl (C=O) groups is 1. The van der Waals surface area contributed by atoms with E-state index in [1.54, 1.807) is 0 Å². The average Bonchev–Trinajstić information content (AvgIpc) is 2.47. The van der Waals surface area contributed by atoms with Crippen molar-refractivity contribution in [2.24, 2.45) is 0 Å². The third-order valence-electron chi connectivity index (χ3n) is 2.73. The van der Waals surface area contributed by atoms with E-state index in [4.69, 9.17) is 11.6 Å². The Kier molecular flexibility index (Phi) is 4.80. The highest BCUT2D eigenvalue weighted by Gasteiger charge is 2.03. The molecule has 0 bridgehead atoms. The Morgan fingerprint density at radius 2 is 1.65 bits per heavy atom. The molecule has 3 nitrogen and oxygen atoms in total. The molecular formula is C16H14ClNO2. The number of nitrogens with one attached hydrogen (secondary N) is 1. The van der Waals surface area contributed by atoms with Gasteiger partial charge in [-0.1, -0.05) is 60.2 Å². The fraction of sp³-hybridized carbons (Fsp3) is 0.0625. The zero-order chi connectivity index (χ0) is 14.4. The van der Waals surface area contributed by atoms with Crippen LogP contribution in [-0.4, -0.2) is 13.2 Å². The van der Waals surface area contributed by atoms with Crippen molar-refractivity contribution in [2.75, 3.05) is 12.4 Å². The van der Waals surface area contributed by atoms with Crippen molar-refractivity contribution < 1.29 is 9.53 Å². The minimum Gasteiger partial charge on any atom is -0.453 e. The zero-order valence-corrected chi connectivity index (χ0v) is 11.7. The van der Waals surface area contributed by atoms with Crippen LogP contribution in [0.4, 0.5) is 10.5 Å². The summed E-state index contributed by atoms with van der Waals surface area (Å²) < 4.78 is 4.60. The second-order valence-corrected chi connectivity index (χ2v) is 4.47. The molecule has 0 atom stereocenters. The van der Waals surface area contributed by atoms with E-state index in [0.29, 0.717) is 10.7 Å². The van der Waals surface area contributed by atoms with Gasteiger partial charge < -0.3 is 4.74 Å². The molecule has 4 heteroatoms. The third-order valence-corrected chi connectivity index (χ3v) is 3.07. The van der Waals surface area contributed by atoms with Gasteiger partial charge in [0, 0.05) is 5.02 Å². The third kappa shape index (κ3) is 3.62. The number of hydrogen-bond donors (Lipinski definition) is 1. The second-order valence-electron chi connectivity index (χ2n) is 4.06. The molecule has 0 aliphatic rings. The Morgan fingerprint density at radius 1 is 1.05 bits per heavy atom. The molecule has 102 valence electrons. The van der Waals surface area contributed by atoms with Crippen LogP contribution in [-0.2, 0) is 4.74 Å². The minimum absolute atomic E-state index is 0.497. The van der Waals surface area contributed by atoms with Crippen molar-refractivity contribution in [3.63, 3.8) is 0 Å². The van der Waals surface area contributed by atoms with E-state index in [-0.39, 0.29) is 0 Å². The first-order valence-corrected chi connectivity index (χ1v) is 6.45. The molecule has 0 saturated carbocycles. The van der Waals surface area contributed by atoms with E-state index in [1.165, 1.54) is 7.11 Å². The fourth-order valence-electron chi connectivity index (χ4n) is 1.71. The van der Waals surface area contributed by atoms with Crippen molar-refractivity contribution >= 4 is 35.5 Å². The maximum Gasteiger partial charge on any atom is 0.411 e. The quantitative estimate of drug-likeness (QED) is 0.832. The highest BCUT2D eigenvalue weighted by Crippen LogP contribution is 2.21. The van der Waals surface area contributed by atoms with Crippen molar-refractivity contribution in [3.05, 3.63) is 64.7 Å². The van der Waals surface area contributed by atoms with E-state index >= 15 is 0 Å². The summed E-state index contributed by atoms with van der Waals surface area (Å²) in [5, 5.41) is 3.35. The lowest BCUT2D eigenvalue weighted by Crippen LogP contribution is -2.11. The van der Waals surface area contributed by atoms with Gasteiger partial charge in [-0.3, -0.25) is 5.32 Å². The van der Waals surface area contributed by atoms with Gasteiger partial charge in [0.25, 0.3) is 0 Å². The van der Waals surface area contributed by atoms with Gasteiger partial charge in [-0.15, -0.1) is 0 Å². The molecule has 0 aliphatic carbocycles. The van der Waals surface area contributed by atoms with Gasteiger partial charge in [0.2, 0.25) is 0 Å². The molecule has 0 radical (unpaired) electrons. The molecule has 0 spiro atoms. The molecule has 20 heavy (non-hydrogen) atoms. The van der Waals surface area contributed by atoms with Crippen LogP contribution in [0.5, 0.6) is 0 Å². The lowest BCUT2D eigenvalue weighted by Gasteiger charge is -2.07. The summed E-state index contributed by atoms with van der Waals surface area (Å²) in [4.78, 5) is 11.3. The summed E-state index contributed by atoms with van der Waals surface area (Å²) in [5.41, 5.74) is 2.47. The van der Waals surface area contributed by atoms with Gasteiger partial charge in [0.1, 0.15) is 0 Å². The van der Waals surface area contributed by atoms with Gasteiger partial charge in [0.15, 0.2) is 0 Å². The topological polar surface area (TPSA) is 38.3 Å². The van der Waals surface area contributed by atoms with Crippen molar-refractivity contribution in [2.45, 2.75) is 0 Å². The summed E-state index contributed by atoms with van der Waals surface area (Å²) >= 11 is 6.10. The van der Waals surface area contributed by atoms with E-state index in [0.717, 1.165) is 11.1 Å². The summed E-state index contributed by atoms with van der Waals surface area (Å²) in [6.45, 7) is 0. The normalized spacial score (nSPS) is 10.5. The number of halogens is 1. The maximum absolute atomic E-state index is 11.3. The first kappa shape index (κ1) is 14.2. The molecule has 1 amide bonds. The van der Waals surface area contributed by atoms with Crippen molar-refractivity contribution in [3.8, 4) is 0 Å². The van der Waals surface area contributed by atoms with Crippen LogP contribution in [0.2, 0.25) is 5.02 Å². The van der Waals surface area contributed by atoms with Gasteiger partial charge in [-0.25, -0.2) is 4.79 Å². The monoisotopic (exact) mass is 287 g/mol. The van der Waals surface area contributed by atoms with Gasteiger partial charge in [0.05, 0.1) is 12.8 Å². The molecule has 0 fully saturated rings. The summed E-state index contributed by atoms with van der Waals surface area (Å²) in [7, 11) is 1.33. The Balaban J connectivity index is 2.25. The predicted molar refractivity (Wildman–Crippen MR) is 82.8 cm³/mol. The van der Waals surface area contributed by atoms with Gasteiger partial charge in [-0.2, -0.15) is 0 Å². The molecule has 2 rings (SSSR count). The summed E-state index contributed by atoms with van der Waals surface area (Å²) in [6, 6.07) is 15.0. The Hall–Kier alpha value is -2.26. The first-order chi connectivity index (χ1) is 9.70. The Bertz CT molecular complexity index is 638. The number of benzene rings is 2. The number of amides is 1. The number of hydrogen-bond acceptors (Lipinski definition) is 2. The van der Waals surface area contributed by atoms with Crippen LogP contribution in [0.15, 0.2) is 48.5 Å². The molecule has 0 heterocycles. The zero-order valence-electron chi connectivity index (χ0n) is 11.0. The fourth-order valence-corrected chi connectivity index (χ4v) is 1.91. The van der Waals surface area contributed by atoms with Gasteiger partial charge in [-0.05, 0) is 23.3 Å². The highest BCUT2D eigenvalue weighted by atomic mass is 35.5. The molecule has 2 aromatic carbocycles. The minimum atomic E-state index is -0.497. The largest absolute Gasteiger partial charge is 0.453 e. The molecule has 0 unspecified atom stereocenters. The highest BCUT2D eigenvalue weighted by molar-refractivity contribution is 6.32. The Morgan fingerprint density at radius 3 is 2.35 bits per heavy atom. The van der Waals surface area contributed by atoms with Crippen LogP contribution in [0, 0.1) is 0 Å². The van der Waals surface area contributed by atoms with E-state index < -0.39 is 6.09 Å².